The number of hydrogen-bond donors (Lipinski definition) is 1. The summed E-state index contributed by atoms with van der Waals surface area (Å²) in [5.74, 6) is 0. The van der Waals surface area contributed by atoms with Crippen molar-refractivity contribution in [2.45, 2.75) is 44.3 Å². The summed E-state index contributed by atoms with van der Waals surface area (Å²) in [7, 11) is 0. The second-order valence-corrected chi connectivity index (χ2v) is 7.96. The number of hydrogen-bond acceptors (Lipinski definition) is 3. The Bertz CT molecular complexity index is 864. The molecule has 3 rings (SSSR count). The van der Waals surface area contributed by atoms with Crippen LogP contribution >= 0.6 is 11.8 Å². The fourth-order valence-electron chi connectivity index (χ4n) is 3.62. The Hall–Kier alpha value is -1.98. The number of fused-ring (bicyclic) bond motifs is 1. The van der Waals surface area contributed by atoms with Gasteiger partial charge in [0.15, 0.2) is 11.0 Å². The van der Waals surface area contributed by atoms with Gasteiger partial charge in [0, 0.05) is 30.2 Å². The van der Waals surface area contributed by atoms with Crippen LogP contribution < -0.4 is 9.47 Å². The molecule has 0 aliphatic rings. The SMILES string of the molecule is CCN(CC)CC[n+]1c(Sc2ccc(N(CC)CC)cc2)[nH]c2ccccc21. The van der Waals surface area contributed by atoms with Crippen LogP contribution in [0.25, 0.3) is 11.0 Å². The lowest BCUT2D eigenvalue weighted by Crippen LogP contribution is -2.41. The zero-order valence-electron chi connectivity index (χ0n) is 17.6. The third-order valence-corrected chi connectivity index (χ3v) is 6.42. The molecular formula is C23H33N4S+. The Balaban J connectivity index is 1.84. The van der Waals surface area contributed by atoms with Gasteiger partial charge in [0.25, 0.3) is 0 Å². The van der Waals surface area contributed by atoms with Crippen molar-refractivity contribution in [1.29, 1.82) is 0 Å². The second-order valence-electron chi connectivity index (χ2n) is 6.89. The molecule has 3 aromatic rings. The summed E-state index contributed by atoms with van der Waals surface area (Å²) in [6.45, 7) is 15.2. The number of rotatable bonds is 10. The summed E-state index contributed by atoms with van der Waals surface area (Å²) >= 11 is 1.81. The van der Waals surface area contributed by atoms with Gasteiger partial charge in [-0.3, -0.25) is 4.90 Å². The fraction of sp³-hybridized carbons (Fsp3) is 0.435. The molecule has 0 spiro atoms. The molecule has 0 amide bonds. The van der Waals surface area contributed by atoms with Crippen LogP contribution in [0.15, 0.2) is 58.6 Å². The van der Waals surface area contributed by atoms with Gasteiger partial charge in [-0.25, -0.2) is 9.55 Å². The van der Waals surface area contributed by atoms with E-state index in [0.29, 0.717) is 0 Å². The first-order chi connectivity index (χ1) is 13.7. The van der Waals surface area contributed by atoms with Gasteiger partial charge in [0.1, 0.15) is 6.54 Å². The number of likely N-dealkylation sites (N-methyl/N-ethyl adjacent to an activating group) is 1. The lowest BCUT2D eigenvalue weighted by Gasteiger charge is -2.20. The number of nitrogens with zero attached hydrogens (tertiary/aromatic N) is 3. The topological polar surface area (TPSA) is 26.1 Å². The number of H-pyrrole nitrogens is 1. The van der Waals surface area contributed by atoms with E-state index >= 15 is 0 Å². The van der Waals surface area contributed by atoms with Crippen LogP contribution in [0.5, 0.6) is 0 Å². The van der Waals surface area contributed by atoms with Gasteiger partial charge in [-0.1, -0.05) is 26.0 Å². The number of aromatic amines is 1. The lowest BCUT2D eigenvalue weighted by atomic mass is 10.3. The van der Waals surface area contributed by atoms with Crippen LogP contribution in [0.1, 0.15) is 27.7 Å². The molecule has 0 unspecified atom stereocenters. The third kappa shape index (κ3) is 4.70. The maximum Gasteiger partial charge on any atom is 0.321 e. The van der Waals surface area contributed by atoms with Gasteiger partial charge in [-0.2, -0.15) is 0 Å². The van der Waals surface area contributed by atoms with Crippen molar-refractivity contribution in [1.82, 2.24) is 9.88 Å². The van der Waals surface area contributed by atoms with E-state index in [9.17, 15) is 0 Å². The highest BCUT2D eigenvalue weighted by Crippen LogP contribution is 2.28. The maximum absolute atomic E-state index is 3.63. The van der Waals surface area contributed by atoms with E-state index in [-0.39, 0.29) is 0 Å². The molecule has 1 N–H and O–H groups in total. The molecule has 5 heteroatoms. The summed E-state index contributed by atoms with van der Waals surface area (Å²) < 4.78 is 2.43. The summed E-state index contributed by atoms with van der Waals surface area (Å²) in [6, 6.07) is 17.5. The predicted octanol–water partition coefficient (Wildman–Crippen LogP) is 4.79. The molecule has 0 atom stereocenters. The number of para-hydroxylation sites is 2. The highest BCUT2D eigenvalue weighted by atomic mass is 32.2. The zero-order valence-corrected chi connectivity index (χ0v) is 18.4. The molecule has 2 aromatic carbocycles. The molecule has 0 fully saturated rings. The van der Waals surface area contributed by atoms with Gasteiger partial charge < -0.3 is 4.90 Å². The molecule has 1 heterocycles. The number of benzene rings is 2. The van der Waals surface area contributed by atoms with Gasteiger partial charge >= 0.3 is 5.16 Å². The average molecular weight is 398 g/mol. The highest BCUT2D eigenvalue weighted by molar-refractivity contribution is 7.99. The van der Waals surface area contributed by atoms with E-state index < -0.39 is 0 Å². The number of imidazole rings is 1. The van der Waals surface area contributed by atoms with E-state index in [2.05, 4.69) is 95.6 Å². The van der Waals surface area contributed by atoms with Crippen molar-refractivity contribution < 1.29 is 4.57 Å². The van der Waals surface area contributed by atoms with Gasteiger partial charge in [0.2, 0.25) is 0 Å². The van der Waals surface area contributed by atoms with Crippen molar-refractivity contribution >= 4 is 28.5 Å². The predicted molar refractivity (Wildman–Crippen MR) is 120 cm³/mol. The van der Waals surface area contributed by atoms with Gasteiger partial charge in [-0.05, 0) is 75.1 Å². The Morgan fingerprint density at radius 2 is 1.54 bits per heavy atom. The smallest absolute Gasteiger partial charge is 0.321 e. The minimum atomic E-state index is 0.992. The summed E-state index contributed by atoms with van der Waals surface area (Å²) in [5.41, 5.74) is 3.77. The van der Waals surface area contributed by atoms with E-state index in [4.69, 9.17) is 0 Å². The Morgan fingerprint density at radius 3 is 2.18 bits per heavy atom. The Morgan fingerprint density at radius 1 is 0.857 bits per heavy atom. The standard InChI is InChI=1S/C23H32N4S/c1-5-25(6-2)17-18-27-22-12-10-9-11-21(22)24-23(27)28-20-15-13-19(14-16-20)26(7-3)8-4/h9-16H,5-8,17-18H2,1-4H3/p+1. The molecule has 0 radical (unpaired) electrons. The highest BCUT2D eigenvalue weighted by Gasteiger charge is 2.20. The first-order valence-corrected chi connectivity index (χ1v) is 11.3. The second kappa shape index (κ2) is 9.99. The van der Waals surface area contributed by atoms with E-state index in [1.165, 1.54) is 26.8 Å². The largest absolute Gasteiger partial charge is 0.372 e. The van der Waals surface area contributed by atoms with E-state index in [1.54, 1.807) is 0 Å². The van der Waals surface area contributed by atoms with Crippen LogP contribution in [-0.2, 0) is 6.54 Å². The minimum Gasteiger partial charge on any atom is -0.372 e. The normalized spacial score (nSPS) is 11.5. The number of aromatic nitrogens is 2. The van der Waals surface area contributed by atoms with Gasteiger partial charge in [0.05, 0.1) is 0 Å². The molecule has 28 heavy (non-hydrogen) atoms. The summed E-state index contributed by atoms with van der Waals surface area (Å²) in [6.07, 6.45) is 0. The monoisotopic (exact) mass is 397 g/mol. The molecule has 4 nitrogen and oxygen atoms in total. The van der Waals surface area contributed by atoms with Crippen molar-refractivity contribution in [2.75, 3.05) is 37.6 Å². The molecule has 0 bridgehead atoms. The lowest BCUT2D eigenvalue weighted by molar-refractivity contribution is -0.708. The minimum absolute atomic E-state index is 0.992. The molecule has 1 aromatic heterocycles. The molecule has 0 saturated heterocycles. The first kappa shape index (κ1) is 20.7. The van der Waals surface area contributed by atoms with E-state index in [0.717, 1.165) is 39.3 Å². The summed E-state index contributed by atoms with van der Waals surface area (Å²) in [4.78, 5) is 9.74. The van der Waals surface area contributed by atoms with Crippen LogP contribution in [0, 0.1) is 0 Å². The zero-order chi connectivity index (χ0) is 19.9. The fourth-order valence-corrected chi connectivity index (χ4v) is 4.57. The maximum atomic E-state index is 3.63. The Kier molecular flexibility index (Phi) is 7.40. The molecule has 150 valence electrons. The molecule has 0 saturated carbocycles. The summed E-state index contributed by atoms with van der Waals surface area (Å²) in [5, 5.41) is 1.20. The average Bonchev–Trinajstić information content (AvgIpc) is 3.08. The molecular weight excluding hydrogens is 364 g/mol. The van der Waals surface area contributed by atoms with Crippen LogP contribution in [0.4, 0.5) is 5.69 Å². The first-order valence-electron chi connectivity index (χ1n) is 10.5. The number of nitrogens with one attached hydrogen (secondary N) is 1. The molecule has 0 aliphatic heterocycles. The van der Waals surface area contributed by atoms with Crippen molar-refractivity contribution in [3.05, 3.63) is 48.5 Å². The van der Waals surface area contributed by atoms with Crippen molar-refractivity contribution in [3.8, 4) is 0 Å². The van der Waals surface area contributed by atoms with Crippen molar-refractivity contribution in [2.24, 2.45) is 0 Å². The number of anilines is 1. The van der Waals surface area contributed by atoms with Crippen LogP contribution in [0.2, 0.25) is 0 Å². The van der Waals surface area contributed by atoms with Crippen LogP contribution in [0.3, 0.4) is 0 Å². The van der Waals surface area contributed by atoms with E-state index in [1.807, 2.05) is 11.8 Å². The quantitative estimate of drug-likeness (QED) is 0.498. The van der Waals surface area contributed by atoms with Gasteiger partial charge in [-0.15, -0.1) is 0 Å². The van der Waals surface area contributed by atoms with Crippen LogP contribution in [-0.4, -0.2) is 42.6 Å². The molecule has 0 aliphatic carbocycles. The van der Waals surface area contributed by atoms with Crippen molar-refractivity contribution in [3.63, 3.8) is 0 Å². The third-order valence-electron chi connectivity index (χ3n) is 5.40. The Labute approximate surface area is 173 Å².